The fourth-order valence-corrected chi connectivity index (χ4v) is 5.39. The zero-order valence-corrected chi connectivity index (χ0v) is 16.9. The number of hydrogen-bond acceptors (Lipinski definition) is 4. The molecule has 0 spiro atoms. The van der Waals surface area contributed by atoms with Gasteiger partial charge in [-0.25, -0.2) is 4.68 Å². The molecular weight excluding hydrogens is 372 g/mol. The summed E-state index contributed by atoms with van der Waals surface area (Å²) < 4.78 is 4.07. The van der Waals surface area contributed by atoms with Crippen molar-refractivity contribution in [1.29, 1.82) is 0 Å². The Bertz CT molecular complexity index is 1030. The Morgan fingerprint density at radius 1 is 1.04 bits per heavy atom. The molecule has 28 heavy (non-hydrogen) atoms. The Hall–Kier alpha value is -2.05. The first-order valence-corrected chi connectivity index (χ1v) is 10.7. The number of likely N-dealkylation sites (tertiary alicyclic amines) is 1. The van der Waals surface area contributed by atoms with Gasteiger partial charge in [-0.3, -0.25) is 4.68 Å². The van der Waals surface area contributed by atoms with Gasteiger partial charge in [-0.1, -0.05) is 11.6 Å². The van der Waals surface area contributed by atoms with Gasteiger partial charge in [0.1, 0.15) is 5.69 Å². The monoisotopic (exact) mass is 396 g/mol. The van der Waals surface area contributed by atoms with E-state index in [1.165, 1.54) is 32.2 Å². The van der Waals surface area contributed by atoms with Crippen molar-refractivity contribution < 1.29 is 0 Å². The van der Waals surface area contributed by atoms with Crippen molar-refractivity contribution in [3.05, 3.63) is 35.7 Å². The van der Waals surface area contributed by atoms with Crippen molar-refractivity contribution in [2.45, 2.75) is 37.8 Å². The smallest absolute Gasteiger partial charge is 0.103 e. The first-order valence-electron chi connectivity index (χ1n) is 10.3. The zero-order valence-electron chi connectivity index (χ0n) is 16.1. The summed E-state index contributed by atoms with van der Waals surface area (Å²) in [5.41, 5.74) is 3.25. The van der Waals surface area contributed by atoms with E-state index < -0.39 is 0 Å². The zero-order chi connectivity index (χ0) is 18.8. The van der Waals surface area contributed by atoms with E-state index >= 15 is 0 Å². The predicted octanol–water partition coefficient (Wildman–Crippen LogP) is 3.74. The van der Waals surface area contributed by atoms with E-state index in [-0.39, 0.29) is 0 Å². The molecule has 1 aromatic carbocycles. The minimum Gasteiger partial charge on any atom is -0.370 e. The fourth-order valence-electron chi connectivity index (χ4n) is 5.10. The van der Waals surface area contributed by atoms with E-state index in [1.807, 2.05) is 17.1 Å². The first kappa shape index (κ1) is 16.9. The van der Waals surface area contributed by atoms with E-state index in [2.05, 4.69) is 50.1 Å². The van der Waals surface area contributed by atoms with Gasteiger partial charge in [-0.2, -0.15) is 10.2 Å². The molecule has 2 aliphatic heterocycles. The quantitative estimate of drug-likeness (QED) is 0.676. The maximum Gasteiger partial charge on any atom is 0.103 e. The lowest BCUT2D eigenvalue weighted by molar-refractivity contribution is 0.239. The van der Waals surface area contributed by atoms with Gasteiger partial charge < -0.3 is 9.80 Å². The number of rotatable bonds is 3. The Morgan fingerprint density at radius 3 is 2.79 bits per heavy atom. The van der Waals surface area contributed by atoms with Gasteiger partial charge >= 0.3 is 0 Å². The Morgan fingerprint density at radius 2 is 1.93 bits per heavy atom. The van der Waals surface area contributed by atoms with Crippen LogP contribution >= 0.6 is 11.6 Å². The second-order valence-electron chi connectivity index (χ2n) is 8.66. The second-order valence-corrected chi connectivity index (χ2v) is 9.07. The van der Waals surface area contributed by atoms with Crippen LogP contribution in [0, 0.1) is 5.92 Å². The molecule has 1 aliphatic carbocycles. The molecule has 6 rings (SSSR count). The molecule has 4 heterocycles. The molecule has 2 atom stereocenters. The van der Waals surface area contributed by atoms with Crippen LogP contribution in [0.1, 0.15) is 31.7 Å². The average Bonchev–Trinajstić information content (AvgIpc) is 3.12. The number of nitrogens with zero attached hydrogens (tertiary/aromatic N) is 6. The summed E-state index contributed by atoms with van der Waals surface area (Å²) in [5, 5.41) is 11.1. The number of fused-ring (bicyclic) bond motifs is 2. The van der Waals surface area contributed by atoms with Gasteiger partial charge in [0.15, 0.2) is 0 Å². The Balaban J connectivity index is 1.36. The summed E-state index contributed by atoms with van der Waals surface area (Å²) in [6.45, 7) is 3.37. The van der Waals surface area contributed by atoms with Gasteiger partial charge in [-0.15, -0.1) is 0 Å². The van der Waals surface area contributed by atoms with Crippen LogP contribution in [-0.4, -0.2) is 57.2 Å². The molecule has 1 saturated carbocycles. The molecule has 6 nitrogen and oxygen atoms in total. The summed E-state index contributed by atoms with van der Waals surface area (Å²) in [5.74, 6) is 0.743. The van der Waals surface area contributed by atoms with E-state index in [0.29, 0.717) is 6.04 Å². The molecular formula is C21H25ClN6. The van der Waals surface area contributed by atoms with Crippen LogP contribution in [0.25, 0.3) is 16.6 Å². The molecule has 7 heteroatoms. The SMILES string of the molecule is CN1CCC2CN(c3cc4c(cnn4-c4cnn(C5CC5)c4)cc3Cl)CCC21. The van der Waals surface area contributed by atoms with Crippen molar-refractivity contribution in [2.75, 3.05) is 31.6 Å². The lowest BCUT2D eigenvalue weighted by atomic mass is 9.92. The molecule has 3 aromatic rings. The van der Waals surface area contributed by atoms with Gasteiger partial charge in [0, 0.05) is 24.5 Å². The van der Waals surface area contributed by atoms with Gasteiger partial charge in [0.25, 0.3) is 0 Å². The van der Waals surface area contributed by atoms with Gasteiger partial charge in [0.05, 0.1) is 40.9 Å². The maximum atomic E-state index is 6.71. The largest absolute Gasteiger partial charge is 0.370 e. The summed E-state index contributed by atoms with van der Waals surface area (Å²) >= 11 is 6.71. The Labute approximate surface area is 169 Å². The number of halogens is 1. The summed E-state index contributed by atoms with van der Waals surface area (Å²) in [6.07, 6.45) is 10.9. The summed E-state index contributed by atoms with van der Waals surface area (Å²) in [6, 6.07) is 5.59. The lowest BCUT2D eigenvalue weighted by Crippen LogP contribution is -2.45. The third kappa shape index (κ3) is 2.65. The predicted molar refractivity (Wildman–Crippen MR) is 111 cm³/mol. The van der Waals surface area contributed by atoms with Crippen molar-refractivity contribution in [3.63, 3.8) is 0 Å². The van der Waals surface area contributed by atoms with E-state index in [0.717, 1.165) is 52.3 Å². The molecule has 2 saturated heterocycles. The second kappa shape index (κ2) is 6.22. The van der Waals surface area contributed by atoms with E-state index in [4.69, 9.17) is 11.6 Å². The van der Waals surface area contributed by atoms with Gasteiger partial charge in [-0.05, 0) is 57.3 Å². The third-order valence-corrected chi connectivity index (χ3v) is 7.15. The highest BCUT2D eigenvalue weighted by Crippen LogP contribution is 2.38. The highest BCUT2D eigenvalue weighted by molar-refractivity contribution is 6.34. The summed E-state index contributed by atoms with van der Waals surface area (Å²) in [4.78, 5) is 5.01. The molecule has 146 valence electrons. The minimum atomic E-state index is 0.575. The van der Waals surface area contributed by atoms with Crippen LogP contribution in [0.5, 0.6) is 0 Å². The average molecular weight is 397 g/mol. The molecule has 3 fully saturated rings. The van der Waals surface area contributed by atoms with E-state index in [1.54, 1.807) is 0 Å². The number of benzene rings is 1. The normalized spacial score (nSPS) is 25.6. The van der Waals surface area contributed by atoms with E-state index in [9.17, 15) is 0 Å². The van der Waals surface area contributed by atoms with Crippen LogP contribution in [0.3, 0.4) is 0 Å². The number of anilines is 1. The number of aromatic nitrogens is 4. The van der Waals surface area contributed by atoms with Crippen LogP contribution in [0.15, 0.2) is 30.7 Å². The summed E-state index contributed by atoms with van der Waals surface area (Å²) in [7, 11) is 2.26. The topological polar surface area (TPSA) is 42.1 Å². The molecule has 0 radical (unpaired) electrons. The molecule has 0 bridgehead atoms. The highest BCUT2D eigenvalue weighted by atomic mass is 35.5. The fraction of sp³-hybridized carbons (Fsp3) is 0.524. The minimum absolute atomic E-state index is 0.575. The lowest BCUT2D eigenvalue weighted by Gasteiger charge is -2.38. The molecule has 0 amide bonds. The van der Waals surface area contributed by atoms with Crippen molar-refractivity contribution >= 4 is 28.2 Å². The number of hydrogen-bond donors (Lipinski definition) is 0. The standard InChI is InChI=1S/C21H25ClN6/c1-25-6-4-14-12-26(7-5-19(14)25)21-9-20-15(8-18(21)22)10-24-28(20)17-11-23-27(13-17)16-2-3-16/h8-11,13-14,16,19H,2-7,12H2,1H3. The van der Waals surface area contributed by atoms with Crippen LogP contribution in [0.2, 0.25) is 5.02 Å². The van der Waals surface area contributed by atoms with Gasteiger partial charge in [0.2, 0.25) is 0 Å². The first-order chi connectivity index (χ1) is 13.7. The van der Waals surface area contributed by atoms with Crippen molar-refractivity contribution in [2.24, 2.45) is 5.92 Å². The number of piperidine rings is 1. The van der Waals surface area contributed by atoms with Crippen LogP contribution in [-0.2, 0) is 0 Å². The van der Waals surface area contributed by atoms with Crippen molar-refractivity contribution in [1.82, 2.24) is 24.5 Å². The Kier molecular flexibility index (Phi) is 3.75. The molecule has 2 aromatic heterocycles. The van der Waals surface area contributed by atoms with Crippen LogP contribution < -0.4 is 4.90 Å². The van der Waals surface area contributed by atoms with Crippen molar-refractivity contribution in [3.8, 4) is 5.69 Å². The van der Waals surface area contributed by atoms with Crippen LogP contribution in [0.4, 0.5) is 5.69 Å². The third-order valence-electron chi connectivity index (χ3n) is 6.84. The highest BCUT2D eigenvalue weighted by Gasteiger charge is 2.36. The molecule has 3 aliphatic rings. The molecule has 0 N–H and O–H groups in total. The maximum absolute atomic E-state index is 6.71. The molecule has 2 unspecified atom stereocenters.